The van der Waals surface area contributed by atoms with Crippen molar-refractivity contribution in [3.63, 3.8) is 0 Å². The molecule has 0 spiro atoms. The minimum Gasteiger partial charge on any atom is -0.384 e. The van der Waals surface area contributed by atoms with Gasteiger partial charge in [-0.3, -0.25) is 0 Å². The molecule has 3 nitrogen and oxygen atoms in total. The molecule has 82 valence electrons. The molecule has 2 N–H and O–H groups in total. The lowest BCUT2D eigenvalue weighted by atomic mass is 10.1. The second kappa shape index (κ2) is 3.93. The van der Waals surface area contributed by atoms with Gasteiger partial charge in [0.25, 0.3) is 0 Å². The normalized spacial score (nSPS) is 20.3. The van der Waals surface area contributed by atoms with Crippen LogP contribution in [0.1, 0.15) is 13.8 Å². The summed E-state index contributed by atoms with van der Waals surface area (Å²) in [6.07, 6.45) is 1.86. The highest BCUT2D eigenvalue weighted by molar-refractivity contribution is 8.00. The van der Waals surface area contributed by atoms with E-state index >= 15 is 0 Å². The van der Waals surface area contributed by atoms with Gasteiger partial charge in [0.05, 0.1) is 11.9 Å². The van der Waals surface area contributed by atoms with Crippen molar-refractivity contribution in [2.45, 2.75) is 18.6 Å². The molecule has 0 saturated carbocycles. The first-order chi connectivity index (χ1) is 7.07. The van der Waals surface area contributed by atoms with E-state index in [4.69, 9.17) is 5.73 Å². The summed E-state index contributed by atoms with van der Waals surface area (Å²) >= 11 is 2.04. The van der Waals surface area contributed by atoms with Crippen molar-refractivity contribution in [2.75, 3.05) is 29.5 Å². The molecule has 0 amide bonds. The van der Waals surface area contributed by atoms with E-state index < -0.39 is 0 Å². The van der Waals surface area contributed by atoms with E-state index in [2.05, 4.69) is 29.8 Å². The first kappa shape index (κ1) is 10.6. The first-order valence-corrected chi connectivity index (χ1v) is 6.16. The van der Waals surface area contributed by atoms with Gasteiger partial charge >= 0.3 is 0 Å². The maximum absolute atomic E-state index is 5.58. The van der Waals surface area contributed by atoms with Crippen LogP contribution in [0, 0.1) is 0 Å². The quantitative estimate of drug-likeness (QED) is 0.790. The van der Waals surface area contributed by atoms with Crippen LogP contribution in [0.5, 0.6) is 0 Å². The summed E-state index contributed by atoms with van der Waals surface area (Å²) < 4.78 is 0.333. The third-order valence-electron chi connectivity index (χ3n) is 2.56. The maximum Gasteiger partial charge on any atom is 0.123 e. The Bertz CT molecular complexity index is 334. The zero-order chi connectivity index (χ0) is 10.9. The molecular weight excluding hydrogens is 206 g/mol. The SMILES string of the molecule is CC1(C)CN(c2ccc(N)nc2)CCS1. The molecule has 4 heteroatoms. The van der Waals surface area contributed by atoms with Gasteiger partial charge in [-0.05, 0) is 26.0 Å². The van der Waals surface area contributed by atoms with Crippen LogP contribution in [0.4, 0.5) is 11.5 Å². The van der Waals surface area contributed by atoms with Gasteiger partial charge in [0.1, 0.15) is 5.82 Å². The van der Waals surface area contributed by atoms with Crippen LogP contribution in [0.3, 0.4) is 0 Å². The molecule has 2 rings (SSSR count). The van der Waals surface area contributed by atoms with Gasteiger partial charge in [0.2, 0.25) is 0 Å². The number of pyridine rings is 1. The fraction of sp³-hybridized carbons (Fsp3) is 0.545. The summed E-state index contributed by atoms with van der Waals surface area (Å²) in [5, 5.41) is 0. The Kier molecular flexibility index (Phi) is 2.78. The van der Waals surface area contributed by atoms with Gasteiger partial charge in [-0.15, -0.1) is 0 Å². The van der Waals surface area contributed by atoms with Crippen molar-refractivity contribution < 1.29 is 0 Å². The number of nitrogens with two attached hydrogens (primary N) is 1. The average molecular weight is 223 g/mol. The third-order valence-corrected chi connectivity index (χ3v) is 3.86. The van der Waals surface area contributed by atoms with Crippen molar-refractivity contribution in [3.8, 4) is 0 Å². The van der Waals surface area contributed by atoms with E-state index in [9.17, 15) is 0 Å². The number of hydrogen-bond acceptors (Lipinski definition) is 4. The molecule has 0 bridgehead atoms. The Morgan fingerprint density at radius 2 is 2.27 bits per heavy atom. The number of rotatable bonds is 1. The fourth-order valence-electron chi connectivity index (χ4n) is 1.82. The van der Waals surface area contributed by atoms with Crippen molar-refractivity contribution in [3.05, 3.63) is 18.3 Å². The molecule has 1 saturated heterocycles. The van der Waals surface area contributed by atoms with E-state index in [-0.39, 0.29) is 0 Å². The summed E-state index contributed by atoms with van der Waals surface area (Å²) in [7, 11) is 0. The van der Waals surface area contributed by atoms with Gasteiger partial charge in [-0.1, -0.05) is 0 Å². The molecule has 1 aromatic heterocycles. The van der Waals surface area contributed by atoms with Gasteiger partial charge in [0, 0.05) is 23.6 Å². The van der Waals surface area contributed by atoms with Crippen molar-refractivity contribution in [1.29, 1.82) is 0 Å². The van der Waals surface area contributed by atoms with E-state index in [1.54, 1.807) is 0 Å². The number of thioether (sulfide) groups is 1. The topological polar surface area (TPSA) is 42.1 Å². The van der Waals surface area contributed by atoms with Crippen molar-refractivity contribution >= 4 is 23.3 Å². The minimum atomic E-state index is 0.333. The summed E-state index contributed by atoms with van der Waals surface area (Å²) in [6, 6.07) is 3.92. The minimum absolute atomic E-state index is 0.333. The second-order valence-corrected chi connectivity index (χ2v) is 6.27. The predicted octanol–water partition coefficient (Wildman–Crippen LogP) is 2.00. The summed E-state index contributed by atoms with van der Waals surface area (Å²) in [4.78, 5) is 6.51. The Morgan fingerprint density at radius 1 is 1.47 bits per heavy atom. The largest absolute Gasteiger partial charge is 0.384 e. The van der Waals surface area contributed by atoms with Crippen LogP contribution in [0.15, 0.2) is 18.3 Å². The van der Waals surface area contributed by atoms with Crippen LogP contribution in [0.2, 0.25) is 0 Å². The lowest BCUT2D eigenvalue weighted by Crippen LogP contribution is -2.43. The summed E-state index contributed by atoms with van der Waals surface area (Å²) in [6.45, 7) is 6.74. The lowest BCUT2D eigenvalue weighted by molar-refractivity contribution is 0.647. The van der Waals surface area contributed by atoms with Gasteiger partial charge < -0.3 is 10.6 Å². The van der Waals surface area contributed by atoms with E-state index in [0.29, 0.717) is 10.6 Å². The smallest absolute Gasteiger partial charge is 0.123 e. The van der Waals surface area contributed by atoms with Crippen LogP contribution < -0.4 is 10.6 Å². The monoisotopic (exact) mass is 223 g/mol. The van der Waals surface area contributed by atoms with Crippen LogP contribution >= 0.6 is 11.8 Å². The highest BCUT2D eigenvalue weighted by Crippen LogP contribution is 2.31. The molecule has 0 radical (unpaired) electrons. The molecule has 0 unspecified atom stereocenters. The standard InChI is InChI=1S/C11H17N3S/c1-11(2)8-14(5-6-15-11)9-3-4-10(12)13-7-9/h3-4,7H,5-6,8H2,1-2H3,(H2,12,13). The fourth-order valence-corrected chi connectivity index (χ4v) is 2.93. The van der Waals surface area contributed by atoms with Gasteiger partial charge in [0.15, 0.2) is 0 Å². The molecule has 0 aromatic carbocycles. The molecule has 1 aliphatic rings. The van der Waals surface area contributed by atoms with E-state index in [1.165, 1.54) is 11.4 Å². The highest BCUT2D eigenvalue weighted by Gasteiger charge is 2.27. The Labute approximate surface area is 95.1 Å². The van der Waals surface area contributed by atoms with Crippen LogP contribution in [-0.4, -0.2) is 28.6 Å². The molecule has 2 heterocycles. The van der Waals surface area contributed by atoms with Gasteiger partial charge in [-0.25, -0.2) is 4.98 Å². The predicted molar refractivity (Wildman–Crippen MR) is 67.4 cm³/mol. The Hall–Kier alpha value is -0.900. The number of nitrogen functional groups attached to an aromatic ring is 1. The summed E-state index contributed by atoms with van der Waals surface area (Å²) in [5.74, 6) is 1.77. The number of nitrogens with zero attached hydrogens (tertiary/aromatic N) is 2. The maximum atomic E-state index is 5.58. The molecule has 1 aliphatic heterocycles. The van der Waals surface area contributed by atoms with Crippen LogP contribution in [-0.2, 0) is 0 Å². The molecule has 15 heavy (non-hydrogen) atoms. The van der Waals surface area contributed by atoms with Crippen molar-refractivity contribution in [2.24, 2.45) is 0 Å². The molecule has 1 aromatic rings. The second-order valence-electron chi connectivity index (χ2n) is 4.47. The third kappa shape index (κ3) is 2.56. The van der Waals surface area contributed by atoms with Crippen molar-refractivity contribution in [1.82, 2.24) is 4.98 Å². The number of aromatic nitrogens is 1. The Balaban J connectivity index is 2.13. The molecule has 1 fully saturated rings. The summed E-state index contributed by atoms with van der Waals surface area (Å²) in [5.41, 5.74) is 6.75. The number of anilines is 2. The highest BCUT2D eigenvalue weighted by atomic mass is 32.2. The van der Waals surface area contributed by atoms with Gasteiger partial charge in [-0.2, -0.15) is 11.8 Å². The average Bonchev–Trinajstić information content (AvgIpc) is 2.17. The molecular formula is C11H17N3S. The molecule has 0 aliphatic carbocycles. The molecule has 0 atom stereocenters. The van der Waals surface area contributed by atoms with E-state index in [1.807, 2.05) is 24.0 Å². The zero-order valence-corrected chi connectivity index (χ0v) is 10.0. The first-order valence-electron chi connectivity index (χ1n) is 5.17. The lowest BCUT2D eigenvalue weighted by Gasteiger charge is -2.38. The number of hydrogen-bond donors (Lipinski definition) is 1. The van der Waals surface area contributed by atoms with Crippen LogP contribution in [0.25, 0.3) is 0 Å². The zero-order valence-electron chi connectivity index (χ0n) is 9.23. The van der Waals surface area contributed by atoms with E-state index in [0.717, 1.165) is 13.1 Å². The Morgan fingerprint density at radius 3 is 2.87 bits per heavy atom.